The second-order valence-electron chi connectivity index (χ2n) is 4.85. The molecule has 1 heterocycles. The van der Waals surface area contributed by atoms with Crippen molar-refractivity contribution in [2.45, 2.75) is 31.5 Å². The number of rotatable bonds is 6. The Labute approximate surface area is 132 Å². The number of aromatic nitrogens is 3. The first-order chi connectivity index (χ1) is 10.5. The zero-order valence-electron chi connectivity index (χ0n) is 12.4. The number of nitrogens with zero attached hydrogens (tertiary/aromatic N) is 3. The highest BCUT2D eigenvalue weighted by Gasteiger charge is 2.14. The van der Waals surface area contributed by atoms with Gasteiger partial charge < -0.3 is 11.2 Å². The van der Waals surface area contributed by atoms with E-state index < -0.39 is 0 Å². The summed E-state index contributed by atoms with van der Waals surface area (Å²) in [6.45, 7) is 3.95. The van der Waals surface area contributed by atoms with Crippen LogP contribution in [0.4, 0.5) is 4.39 Å². The van der Waals surface area contributed by atoms with Gasteiger partial charge in [0.05, 0.1) is 5.75 Å². The highest BCUT2D eigenvalue weighted by Crippen LogP contribution is 2.21. The van der Waals surface area contributed by atoms with Crippen LogP contribution < -0.4 is 11.2 Å². The summed E-state index contributed by atoms with van der Waals surface area (Å²) in [5.41, 5.74) is 0.660. The maximum atomic E-state index is 12.9. The van der Waals surface area contributed by atoms with Crippen LogP contribution in [0.3, 0.4) is 0 Å². The van der Waals surface area contributed by atoms with Crippen molar-refractivity contribution in [2.75, 3.05) is 11.6 Å². The number of hydrogen-bond acceptors (Lipinski definition) is 5. The van der Waals surface area contributed by atoms with Crippen molar-refractivity contribution in [3.05, 3.63) is 30.1 Å². The van der Waals surface area contributed by atoms with Gasteiger partial charge in [-0.3, -0.25) is 4.79 Å². The number of carbonyl (C=O) groups excluding carboxylic acids is 1. The lowest BCUT2D eigenvalue weighted by atomic mass is 10.2. The van der Waals surface area contributed by atoms with E-state index in [1.807, 2.05) is 13.8 Å². The second-order valence-corrected chi connectivity index (χ2v) is 5.79. The van der Waals surface area contributed by atoms with E-state index in [4.69, 9.17) is 5.84 Å². The molecule has 1 aromatic heterocycles. The summed E-state index contributed by atoms with van der Waals surface area (Å²) in [6.07, 6.45) is 0.873. The Bertz CT molecular complexity index is 643. The van der Waals surface area contributed by atoms with Gasteiger partial charge in [0.1, 0.15) is 5.82 Å². The fourth-order valence-electron chi connectivity index (χ4n) is 1.72. The van der Waals surface area contributed by atoms with Crippen molar-refractivity contribution in [1.29, 1.82) is 0 Å². The third kappa shape index (κ3) is 3.97. The van der Waals surface area contributed by atoms with Gasteiger partial charge in [0.25, 0.3) is 0 Å². The fourth-order valence-corrected chi connectivity index (χ4v) is 2.39. The van der Waals surface area contributed by atoms with Crippen LogP contribution in [0.15, 0.2) is 29.4 Å². The van der Waals surface area contributed by atoms with E-state index in [0.29, 0.717) is 16.5 Å². The van der Waals surface area contributed by atoms with Gasteiger partial charge in [-0.05, 0) is 37.6 Å². The van der Waals surface area contributed by atoms with E-state index in [-0.39, 0.29) is 23.5 Å². The summed E-state index contributed by atoms with van der Waals surface area (Å²) in [7, 11) is 0. The highest BCUT2D eigenvalue weighted by molar-refractivity contribution is 7.99. The maximum Gasteiger partial charge on any atom is 0.230 e. The van der Waals surface area contributed by atoms with Crippen molar-refractivity contribution < 1.29 is 9.18 Å². The van der Waals surface area contributed by atoms with Crippen LogP contribution in [-0.4, -0.2) is 32.6 Å². The first-order valence-electron chi connectivity index (χ1n) is 6.89. The molecule has 118 valence electrons. The Morgan fingerprint density at radius 3 is 2.73 bits per heavy atom. The maximum absolute atomic E-state index is 12.9. The second kappa shape index (κ2) is 7.26. The first-order valence-corrected chi connectivity index (χ1v) is 7.88. The number of benzene rings is 1. The van der Waals surface area contributed by atoms with Crippen molar-refractivity contribution in [1.82, 2.24) is 20.2 Å². The molecule has 0 aliphatic carbocycles. The number of nitrogen functional groups attached to an aromatic ring is 1. The summed E-state index contributed by atoms with van der Waals surface area (Å²) >= 11 is 1.20. The number of nitrogens with two attached hydrogens (primary N) is 1. The van der Waals surface area contributed by atoms with Gasteiger partial charge in [0.15, 0.2) is 5.82 Å². The quantitative estimate of drug-likeness (QED) is 0.625. The van der Waals surface area contributed by atoms with Gasteiger partial charge in [0, 0.05) is 11.6 Å². The van der Waals surface area contributed by atoms with Crippen LogP contribution >= 0.6 is 11.8 Å². The predicted molar refractivity (Wildman–Crippen MR) is 84.2 cm³/mol. The monoisotopic (exact) mass is 323 g/mol. The Kier molecular flexibility index (Phi) is 5.37. The van der Waals surface area contributed by atoms with E-state index in [1.165, 1.54) is 28.6 Å². The zero-order valence-corrected chi connectivity index (χ0v) is 13.2. The number of halogens is 1. The Morgan fingerprint density at radius 1 is 1.41 bits per heavy atom. The van der Waals surface area contributed by atoms with Gasteiger partial charge in [-0.2, -0.15) is 0 Å². The van der Waals surface area contributed by atoms with Crippen LogP contribution in [0.5, 0.6) is 0 Å². The molecule has 1 aromatic carbocycles. The minimum atomic E-state index is -0.330. The number of carbonyl (C=O) groups is 1. The third-order valence-corrected chi connectivity index (χ3v) is 4.06. The molecular formula is C14H18FN5OS. The molecule has 2 rings (SSSR count). The van der Waals surface area contributed by atoms with Gasteiger partial charge in [-0.15, -0.1) is 10.2 Å². The van der Waals surface area contributed by atoms with Gasteiger partial charge in [-0.25, -0.2) is 9.07 Å². The number of hydrogen-bond donors (Lipinski definition) is 2. The summed E-state index contributed by atoms with van der Waals surface area (Å²) in [4.78, 5) is 11.7. The molecule has 0 aliphatic heterocycles. The molecule has 0 saturated heterocycles. The van der Waals surface area contributed by atoms with Gasteiger partial charge >= 0.3 is 0 Å². The van der Waals surface area contributed by atoms with Crippen molar-refractivity contribution in [3.8, 4) is 11.4 Å². The van der Waals surface area contributed by atoms with Gasteiger partial charge in [-0.1, -0.05) is 18.7 Å². The summed E-state index contributed by atoms with van der Waals surface area (Å²) in [5.74, 6) is 6.16. The van der Waals surface area contributed by atoms with E-state index in [0.717, 1.165) is 6.42 Å². The molecular weight excluding hydrogens is 305 g/mol. The van der Waals surface area contributed by atoms with Crippen molar-refractivity contribution >= 4 is 17.7 Å². The number of amides is 1. The lowest BCUT2D eigenvalue weighted by Gasteiger charge is -2.10. The SMILES string of the molecule is CC[C@@H](C)NC(=O)CSc1nnc(-c2ccc(F)cc2)n1N. The molecule has 1 amide bonds. The van der Waals surface area contributed by atoms with Crippen LogP contribution in [-0.2, 0) is 4.79 Å². The minimum absolute atomic E-state index is 0.0781. The van der Waals surface area contributed by atoms with Crippen LogP contribution in [0.2, 0.25) is 0 Å². The van der Waals surface area contributed by atoms with Crippen molar-refractivity contribution in [3.63, 3.8) is 0 Å². The van der Waals surface area contributed by atoms with Crippen LogP contribution in [0, 0.1) is 5.82 Å². The fraction of sp³-hybridized carbons (Fsp3) is 0.357. The predicted octanol–water partition coefficient (Wildman–Crippen LogP) is 1.80. The van der Waals surface area contributed by atoms with E-state index in [9.17, 15) is 9.18 Å². The Balaban J connectivity index is 2.02. The molecule has 0 aliphatic rings. The molecule has 0 unspecified atom stereocenters. The summed E-state index contributed by atoms with van der Waals surface area (Å²) < 4.78 is 14.2. The van der Waals surface area contributed by atoms with E-state index >= 15 is 0 Å². The van der Waals surface area contributed by atoms with Crippen molar-refractivity contribution in [2.24, 2.45) is 0 Å². The Hall–Kier alpha value is -2.09. The standard InChI is InChI=1S/C14H18FN5OS/c1-3-9(2)17-12(21)8-22-14-19-18-13(20(14)16)10-4-6-11(15)7-5-10/h4-7,9H,3,8,16H2,1-2H3,(H,17,21)/t9-/m1/s1. The molecule has 8 heteroatoms. The molecule has 2 aromatic rings. The third-order valence-electron chi connectivity index (χ3n) is 3.12. The topological polar surface area (TPSA) is 85.8 Å². The average Bonchev–Trinajstić information content (AvgIpc) is 2.87. The molecule has 0 saturated carbocycles. The molecule has 0 fully saturated rings. The first kappa shape index (κ1) is 16.3. The Morgan fingerprint density at radius 2 is 2.09 bits per heavy atom. The minimum Gasteiger partial charge on any atom is -0.353 e. The average molecular weight is 323 g/mol. The lowest BCUT2D eigenvalue weighted by Crippen LogP contribution is -2.33. The smallest absolute Gasteiger partial charge is 0.230 e. The molecule has 1 atom stereocenters. The molecule has 6 nitrogen and oxygen atoms in total. The van der Waals surface area contributed by atoms with E-state index in [1.54, 1.807) is 12.1 Å². The summed E-state index contributed by atoms with van der Waals surface area (Å²) in [6, 6.07) is 5.95. The molecule has 22 heavy (non-hydrogen) atoms. The van der Waals surface area contributed by atoms with Gasteiger partial charge in [0.2, 0.25) is 11.1 Å². The molecule has 0 radical (unpaired) electrons. The highest BCUT2D eigenvalue weighted by atomic mass is 32.2. The number of thioether (sulfide) groups is 1. The molecule has 3 N–H and O–H groups in total. The normalized spacial score (nSPS) is 12.1. The molecule has 0 bridgehead atoms. The summed E-state index contributed by atoms with van der Waals surface area (Å²) in [5, 5.41) is 11.2. The van der Waals surface area contributed by atoms with Crippen LogP contribution in [0.1, 0.15) is 20.3 Å². The zero-order chi connectivity index (χ0) is 16.1. The van der Waals surface area contributed by atoms with Crippen LogP contribution in [0.25, 0.3) is 11.4 Å². The lowest BCUT2D eigenvalue weighted by molar-refractivity contribution is -0.119. The van der Waals surface area contributed by atoms with E-state index in [2.05, 4.69) is 15.5 Å². The molecule has 0 spiro atoms. The number of nitrogens with one attached hydrogen (secondary N) is 1. The largest absolute Gasteiger partial charge is 0.353 e.